The molecule has 0 aliphatic heterocycles. The highest BCUT2D eigenvalue weighted by atomic mass is 35.5. The van der Waals surface area contributed by atoms with Crippen molar-refractivity contribution in [2.75, 3.05) is 7.11 Å². The molecule has 0 saturated heterocycles. The van der Waals surface area contributed by atoms with Crippen LogP contribution in [0.1, 0.15) is 37.0 Å². The van der Waals surface area contributed by atoms with Gasteiger partial charge in [0.25, 0.3) is 0 Å². The van der Waals surface area contributed by atoms with Crippen LogP contribution in [0.2, 0.25) is 5.02 Å². The summed E-state index contributed by atoms with van der Waals surface area (Å²) in [5.41, 5.74) is 2.79. The van der Waals surface area contributed by atoms with E-state index in [9.17, 15) is 9.90 Å². The Morgan fingerprint density at radius 3 is 2.83 bits per heavy atom. The molecule has 0 heterocycles. The van der Waals surface area contributed by atoms with Gasteiger partial charge in [-0.15, -0.1) is 0 Å². The number of benzene rings is 1. The number of ether oxygens (including phenoxy) is 1. The minimum atomic E-state index is -0.937. The van der Waals surface area contributed by atoms with Crippen molar-refractivity contribution in [1.82, 2.24) is 0 Å². The summed E-state index contributed by atoms with van der Waals surface area (Å²) in [6, 6.07) is 5.32. The van der Waals surface area contributed by atoms with Gasteiger partial charge in [0.2, 0.25) is 0 Å². The number of halogens is 1. The van der Waals surface area contributed by atoms with Crippen molar-refractivity contribution < 1.29 is 14.6 Å². The molecule has 3 nitrogen and oxygen atoms in total. The van der Waals surface area contributed by atoms with Crippen molar-refractivity contribution in [2.45, 2.75) is 25.9 Å². The van der Waals surface area contributed by atoms with Gasteiger partial charge in [-0.05, 0) is 35.3 Å². The molecule has 0 fully saturated rings. The zero-order valence-corrected chi connectivity index (χ0v) is 11.1. The van der Waals surface area contributed by atoms with Gasteiger partial charge in [0.15, 0.2) is 0 Å². The van der Waals surface area contributed by atoms with E-state index in [1.54, 1.807) is 12.1 Å². The number of fused-ring (bicyclic) bond motifs is 1. The molecular weight excluding hydrogens is 252 g/mol. The van der Waals surface area contributed by atoms with Gasteiger partial charge in [0, 0.05) is 5.02 Å². The largest absolute Gasteiger partial charge is 0.466 e. The van der Waals surface area contributed by atoms with E-state index >= 15 is 0 Å². The van der Waals surface area contributed by atoms with Crippen LogP contribution in [0.3, 0.4) is 0 Å². The highest BCUT2D eigenvalue weighted by Gasteiger charge is 2.34. The Hall–Kier alpha value is -1.32. The van der Waals surface area contributed by atoms with Crippen molar-refractivity contribution in [3.63, 3.8) is 0 Å². The second kappa shape index (κ2) is 5.12. The zero-order valence-electron chi connectivity index (χ0n) is 10.4. The highest BCUT2D eigenvalue weighted by molar-refractivity contribution is 6.30. The number of carbonyl (C=O) groups excluding carboxylic acids is 1. The lowest BCUT2D eigenvalue weighted by Gasteiger charge is -2.08. The van der Waals surface area contributed by atoms with Gasteiger partial charge in [-0.3, -0.25) is 0 Å². The summed E-state index contributed by atoms with van der Waals surface area (Å²) in [6.45, 7) is 2.03. The lowest BCUT2D eigenvalue weighted by molar-refractivity contribution is -0.137. The molecule has 1 aliphatic carbocycles. The summed E-state index contributed by atoms with van der Waals surface area (Å²) in [4.78, 5) is 11.8. The molecule has 2 rings (SSSR count). The predicted octanol–water partition coefficient (Wildman–Crippen LogP) is 3.11. The first-order valence-corrected chi connectivity index (χ1v) is 6.27. The number of methoxy groups -OCH3 is 1. The van der Waals surface area contributed by atoms with Crippen LogP contribution in [0.5, 0.6) is 0 Å². The lowest BCUT2D eigenvalue weighted by atomic mass is 10.0. The normalized spacial score (nSPS) is 17.9. The predicted molar refractivity (Wildman–Crippen MR) is 70.3 cm³/mol. The highest BCUT2D eigenvalue weighted by Crippen LogP contribution is 2.43. The Balaban J connectivity index is 2.56. The lowest BCUT2D eigenvalue weighted by Crippen LogP contribution is -2.10. The van der Waals surface area contributed by atoms with Crippen LogP contribution in [0.4, 0.5) is 0 Å². The zero-order chi connectivity index (χ0) is 13.3. The molecule has 0 aromatic heterocycles. The molecule has 18 heavy (non-hydrogen) atoms. The Labute approximate surface area is 111 Å². The molecule has 0 saturated carbocycles. The second-order valence-electron chi connectivity index (χ2n) is 4.27. The van der Waals surface area contributed by atoms with Crippen LogP contribution < -0.4 is 0 Å². The Bertz CT molecular complexity index is 520. The van der Waals surface area contributed by atoms with Crippen LogP contribution in [0, 0.1) is 0 Å². The molecule has 0 radical (unpaired) electrons. The maximum Gasteiger partial charge on any atom is 0.337 e. The third-order valence-electron chi connectivity index (χ3n) is 3.14. The number of aliphatic hydroxyl groups is 1. The second-order valence-corrected chi connectivity index (χ2v) is 4.70. The summed E-state index contributed by atoms with van der Waals surface area (Å²) >= 11 is 5.93. The van der Waals surface area contributed by atoms with Gasteiger partial charge in [-0.25, -0.2) is 4.79 Å². The van der Waals surface area contributed by atoms with Gasteiger partial charge in [0.05, 0.1) is 12.7 Å². The summed E-state index contributed by atoms with van der Waals surface area (Å²) in [7, 11) is 1.32. The molecule has 0 spiro atoms. The standard InChI is InChI=1S/C14H15ClO3/c1-3-4-10-9-6-5-8(15)7-11(9)13(16)12(10)14(17)18-2/h5-7,13,16H,3-4H2,1-2H3. The molecule has 1 aromatic rings. The molecule has 1 aliphatic rings. The summed E-state index contributed by atoms with van der Waals surface area (Å²) in [5.74, 6) is -0.474. The Kier molecular flexibility index (Phi) is 3.73. The van der Waals surface area contributed by atoms with Crippen molar-refractivity contribution in [1.29, 1.82) is 0 Å². The van der Waals surface area contributed by atoms with Gasteiger partial charge in [-0.2, -0.15) is 0 Å². The molecule has 0 amide bonds. The molecule has 0 bridgehead atoms. The summed E-state index contributed by atoms with van der Waals surface area (Å²) in [5, 5.41) is 10.8. The van der Waals surface area contributed by atoms with Crippen LogP contribution in [-0.2, 0) is 9.53 Å². The molecule has 1 N–H and O–H groups in total. The number of esters is 1. The third-order valence-corrected chi connectivity index (χ3v) is 3.37. The Morgan fingerprint density at radius 1 is 1.50 bits per heavy atom. The number of rotatable bonds is 3. The SMILES string of the molecule is CCCC1=C(C(=O)OC)C(O)c2cc(Cl)ccc21. The smallest absolute Gasteiger partial charge is 0.337 e. The van der Waals surface area contributed by atoms with E-state index in [1.165, 1.54) is 7.11 Å². The van der Waals surface area contributed by atoms with E-state index < -0.39 is 12.1 Å². The molecule has 1 unspecified atom stereocenters. The van der Waals surface area contributed by atoms with Crippen molar-refractivity contribution >= 4 is 23.1 Å². The number of aliphatic hydroxyl groups excluding tert-OH is 1. The molecular formula is C14H15ClO3. The van der Waals surface area contributed by atoms with Gasteiger partial charge >= 0.3 is 5.97 Å². The Morgan fingerprint density at radius 2 is 2.22 bits per heavy atom. The fraction of sp³-hybridized carbons (Fsp3) is 0.357. The summed E-state index contributed by atoms with van der Waals surface area (Å²) in [6.07, 6.45) is 0.688. The van der Waals surface area contributed by atoms with E-state index in [0.717, 1.165) is 24.0 Å². The van der Waals surface area contributed by atoms with Crippen molar-refractivity contribution in [3.05, 3.63) is 39.9 Å². The molecule has 96 valence electrons. The van der Waals surface area contributed by atoms with Gasteiger partial charge in [0.1, 0.15) is 6.10 Å². The topological polar surface area (TPSA) is 46.5 Å². The van der Waals surface area contributed by atoms with Gasteiger partial charge in [-0.1, -0.05) is 31.0 Å². The van der Waals surface area contributed by atoms with Crippen LogP contribution in [-0.4, -0.2) is 18.2 Å². The van der Waals surface area contributed by atoms with Crippen LogP contribution >= 0.6 is 11.6 Å². The number of hydrogen-bond donors (Lipinski definition) is 1. The maximum absolute atomic E-state index is 11.8. The van der Waals surface area contributed by atoms with E-state index in [2.05, 4.69) is 0 Å². The fourth-order valence-corrected chi connectivity index (χ4v) is 2.54. The number of carbonyl (C=O) groups is 1. The van der Waals surface area contributed by atoms with Crippen molar-refractivity contribution in [3.8, 4) is 0 Å². The number of allylic oxidation sites excluding steroid dienone is 1. The fourth-order valence-electron chi connectivity index (χ4n) is 2.36. The minimum absolute atomic E-state index is 0.344. The van der Waals surface area contributed by atoms with Gasteiger partial charge < -0.3 is 9.84 Å². The molecule has 4 heteroatoms. The average Bonchev–Trinajstić information content (AvgIpc) is 2.62. The first-order chi connectivity index (χ1) is 8.60. The third kappa shape index (κ3) is 2.04. The summed E-state index contributed by atoms with van der Waals surface area (Å²) < 4.78 is 4.75. The average molecular weight is 267 g/mol. The minimum Gasteiger partial charge on any atom is -0.466 e. The van der Waals surface area contributed by atoms with E-state index in [1.807, 2.05) is 13.0 Å². The first-order valence-electron chi connectivity index (χ1n) is 5.89. The molecule has 1 aromatic carbocycles. The van der Waals surface area contributed by atoms with Crippen molar-refractivity contribution in [2.24, 2.45) is 0 Å². The maximum atomic E-state index is 11.8. The van der Waals surface area contributed by atoms with Crippen LogP contribution in [0.15, 0.2) is 23.8 Å². The van der Waals surface area contributed by atoms with E-state index in [-0.39, 0.29) is 0 Å². The number of hydrogen-bond acceptors (Lipinski definition) is 3. The first kappa shape index (κ1) is 13.1. The molecule has 1 atom stereocenters. The van der Waals surface area contributed by atoms with E-state index in [4.69, 9.17) is 16.3 Å². The monoisotopic (exact) mass is 266 g/mol. The quantitative estimate of drug-likeness (QED) is 0.855. The van der Waals surface area contributed by atoms with Crippen LogP contribution in [0.25, 0.3) is 5.57 Å². The van der Waals surface area contributed by atoms with E-state index in [0.29, 0.717) is 16.2 Å².